The lowest BCUT2D eigenvalue weighted by atomic mass is 9.82. The second-order valence-electron chi connectivity index (χ2n) is 18.8. The van der Waals surface area contributed by atoms with Gasteiger partial charge in [-0.1, -0.05) is 62.4 Å². The quantitative estimate of drug-likeness (QED) is 0.141. The minimum atomic E-state index is -0.460. The molecule has 12 aromatic rings. The predicted molar refractivity (Wildman–Crippen MR) is 282 cm³/mol. The molecular weight excluding hydrogens is 889 g/mol. The van der Waals surface area contributed by atoms with E-state index in [0.717, 1.165) is 111 Å². The van der Waals surface area contributed by atoms with Crippen LogP contribution in [-0.2, 0) is 5.41 Å². The molecule has 71 heavy (non-hydrogen) atoms. The van der Waals surface area contributed by atoms with Crippen molar-refractivity contribution in [2.45, 2.75) is 19.3 Å². The molecule has 0 bridgehead atoms. The van der Waals surface area contributed by atoms with Crippen molar-refractivity contribution in [1.82, 2.24) is 9.13 Å². The van der Waals surface area contributed by atoms with Crippen molar-refractivity contribution in [3.8, 4) is 22.5 Å². The Morgan fingerprint density at radius 1 is 0.310 bits per heavy atom. The molecule has 2 heterocycles. The highest BCUT2D eigenvalue weighted by Gasteiger charge is 2.37. The van der Waals surface area contributed by atoms with E-state index in [4.69, 9.17) is 0 Å². The molecule has 0 unspecified atom stereocenters. The zero-order valence-electron chi connectivity index (χ0n) is 38.6. The van der Waals surface area contributed by atoms with Gasteiger partial charge in [0.05, 0.1) is 22.1 Å². The van der Waals surface area contributed by atoms with Gasteiger partial charge >= 0.3 is 0 Å². The first kappa shape index (κ1) is 42.2. The summed E-state index contributed by atoms with van der Waals surface area (Å²) >= 11 is 0. The second-order valence-corrected chi connectivity index (χ2v) is 18.8. The number of hydrogen-bond acceptors (Lipinski definition) is 2. The standard InChI is InChI=1S/C63H42F4N4/c1-63(2)57-37-49(68(43-19-11-39(64)12-20-43)47-29-33-61-55(35-47)53-7-3-5-9-59(53)70(61)45-23-15-41(66)16-24-45)27-31-51(57)52-32-28-50(38-58(52)63)69(44-21-13-40(65)14-22-44)48-30-34-62-56(36-48)54-8-4-6-10-60(54)71(62)46-25-17-42(67)18-26-46/h3-38H,1-2H3. The smallest absolute Gasteiger partial charge is 0.123 e. The molecule has 0 N–H and O–H groups in total. The van der Waals surface area contributed by atoms with Gasteiger partial charge < -0.3 is 18.9 Å². The van der Waals surface area contributed by atoms with Crippen molar-refractivity contribution in [3.63, 3.8) is 0 Å². The van der Waals surface area contributed by atoms with Crippen LogP contribution in [0.1, 0.15) is 25.0 Å². The highest BCUT2D eigenvalue weighted by atomic mass is 19.1. The summed E-state index contributed by atoms with van der Waals surface area (Å²) in [6, 6.07) is 68.7. The summed E-state index contributed by atoms with van der Waals surface area (Å²) in [6.07, 6.45) is 0. The summed E-state index contributed by atoms with van der Waals surface area (Å²) in [7, 11) is 0. The van der Waals surface area contributed by atoms with Crippen molar-refractivity contribution in [2.75, 3.05) is 9.80 Å². The van der Waals surface area contributed by atoms with Crippen LogP contribution in [0.15, 0.2) is 218 Å². The number of hydrogen-bond donors (Lipinski definition) is 0. The normalized spacial score (nSPS) is 12.8. The van der Waals surface area contributed by atoms with Gasteiger partial charge in [0.1, 0.15) is 23.3 Å². The number of anilines is 6. The van der Waals surface area contributed by atoms with E-state index in [0.29, 0.717) is 0 Å². The first-order chi connectivity index (χ1) is 34.6. The van der Waals surface area contributed by atoms with E-state index >= 15 is 0 Å². The zero-order valence-corrected chi connectivity index (χ0v) is 38.6. The Bertz CT molecular complexity index is 3800. The van der Waals surface area contributed by atoms with Crippen molar-refractivity contribution in [3.05, 3.63) is 253 Å². The van der Waals surface area contributed by atoms with Gasteiger partial charge in [-0.25, -0.2) is 17.6 Å². The number of fused-ring (bicyclic) bond motifs is 9. The summed E-state index contributed by atoms with van der Waals surface area (Å²) in [5.41, 5.74) is 15.0. The molecule has 0 aliphatic heterocycles. The Labute approximate surface area is 407 Å². The van der Waals surface area contributed by atoms with Gasteiger partial charge in [0.2, 0.25) is 0 Å². The topological polar surface area (TPSA) is 16.3 Å². The monoisotopic (exact) mass is 930 g/mol. The zero-order chi connectivity index (χ0) is 48.1. The summed E-state index contributed by atoms with van der Waals surface area (Å²) < 4.78 is 61.8. The van der Waals surface area contributed by atoms with Crippen molar-refractivity contribution in [1.29, 1.82) is 0 Å². The van der Waals surface area contributed by atoms with E-state index in [2.05, 4.69) is 130 Å². The third-order valence-corrected chi connectivity index (χ3v) is 14.3. The Balaban J connectivity index is 0.927. The second kappa shape index (κ2) is 16.1. The minimum absolute atomic E-state index is 0.292. The molecule has 1 aliphatic rings. The van der Waals surface area contributed by atoms with Crippen LogP contribution in [0.5, 0.6) is 0 Å². The van der Waals surface area contributed by atoms with Crippen LogP contribution < -0.4 is 9.80 Å². The van der Waals surface area contributed by atoms with Crippen LogP contribution in [0.2, 0.25) is 0 Å². The molecule has 1 aliphatic carbocycles. The fourth-order valence-electron chi connectivity index (χ4n) is 11.0. The first-order valence-electron chi connectivity index (χ1n) is 23.6. The van der Waals surface area contributed by atoms with E-state index in [-0.39, 0.29) is 23.3 Å². The molecule has 2 aromatic heterocycles. The van der Waals surface area contributed by atoms with Crippen LogP contribution in [0.25, 0.3) is 66.1 Å². The molecule has 10 aromatic carbocycles. The first-order valence-corrected chi connectivity index (χ1v) is 23.6. The SMILES string of the molecule is CC1(C)c2cc(N(c3ccc(F)cc3)c3ccc4c(c3)c3ccccc3n4-c3ccc(F)cc3)ccc2-c2ccc(N(c3ccc(F)cc3)c3ccc4c(c3)c3ccccc3n4-c3ccc(F)cc3)cc21. The van der Waals surface area contributed by atoms with E-state index in [1.807, 2.05) is 48.5 Å². The fraction of sp³-hybridized carbons (Fsp3) is 0.0476. The average Bonchev–Trinajstić information content (AvgIpc) is 3.98. The van der Waals surface area contributed by atoms with Gasteiger partial charge in [-0.05, 0) is 192 Å². The molecule has 0 atom stereocenters. The molecule has 0 saturated heterocycles. The van der Waals surface area contributed by atoms with E-state index in [1.165, 1.54) is 48.5 Å². The molecule has 342 valence electrons. The maximum absolute atomic E-state index is 14.6. The fourth-order valence-corrected chi connectivity index (χ4v) is 11.0. The van der Waals surface area contributed by atoms with Crippen LogP contribution in [-0.4, -0.2) is 9.13 Å². The average molecular weight is 931 g/mol. The van der Waals surface area contributed by atoms with Crippen LogP contribution in [0, 0.1) is 23.3 Å². The van der Waals surface area contributed by atoms with Crippen molar-refractivity contribution >= 4 is 77.7 Å². The van der Waals surface area contributed by atoms with Gasteiger partial charge in [0.25, 0.3) is 0 Å². The predicted octanol–water partition coefficient (Wildman–Crippen LogP) is 17.7. The largest absolute Gasteiger partial charge is 0.310 e. The van der Waals surface area contributed by atoms with Crippen LogP contribution in [0.3, 0.4) is 0 Å². The Kier molecular flexibility index (Phi) is 9.58. The van der Waals surface area contributed by atoms with E-state index in [1.54, 1.807) is 24.3 Å². The minimum Gasteiger partial charge on any atom is -0.310 e. The number of rotatable bonds is 8. The lowest BCUT2D eigenvalue weighted by Gasteiger charge is -2.29. The summed E-state index contributed by atoms with van der Waals surface area (Å²) in [6.45, 7) is 4.50. The van der Waals surface area contributed by atoms with Crippen LogP contribution >= 0.6 is 0 Å². The summed E-state index contributed by atoms with van der Waals surface area (Å²) in [4.78, 5) is 4.35. The number of aromatic nitrogens is 2. The summed E-state index contributed by atoms with van der Waals surface area (Å²) in [5.74, 6) is -1.22. The van der Waals surface area contributed by atoms with Gasteiger partial charge in [-0.15, -0.1) is 0 Å². The molecular formula is C63H42F4N4. The van der Waals surface area contributed by atoms with E-state index < -0.39 is 5.41 Å². The Morgan fingerprint density at radius 2 is 0.620 bits per heavy atom. The Hall–Kier alpha value is -8.88. The number of nitrogens with zero attached hydrogens (tertiary/aromatic N) is 4. The molecule has 0 spiro atoms. The lowest BCUT2D eigenvalue weighted by molar-refractivity contribution is 0.627. The number of para-hydroxylation sites is 2. The molecule has 0 fully saturated rings. The molecule has 8 heteroatoms. The van der Waals surface area contributed by atoms with Crippen LogP contribution in [0.4, 0.5) is 51.7 Å². The molecule has 0 saturated carbocycles. The maximum atomic E-state index is 14.6. The lowest BCUT2D eigenvalue weighted by Crippen LogP contribution is -2.17. The van der Waals surface area contributed by atoms with Gasteiger partial charge in [0, 0.05) is 72.5 Å². The molecule has 4 nitrogen and oxygen atoms in total. The maximum Gasteiger partial charge on any atom is 0.123 e. The molecule has 13 rings (SSSR count). The van der Waals surface area contributed by atoms with Gasteiger partial charge in [0.15, 0.2) is 0 Å². The van der Waals surface area contributed by atoms with Gasteiger partial charge in [-0.3, -0.25) is 0 Å². The highest BCUT2D eigenvalue weighted by Crippen LogP contribution is 2.53. The van der Waals surface area contributed by atoms with E-state index in [9.17, 15) is 17.6 Å². The third kappa shape index (κ3) is 6.81. The third-order valence-electron chi connectivity index (χ3n) is 14.3. The Morgan fingerprint density at radius 3 is 1.01 bits per heavy atom. The van der Waals surface area contributed by atoms with Gasteiger partial charge in [-0.2, -0.15) is 0 Å². The van der Waals surface area contributed by atoms with Crippen molar-refractivity contribution < 1.29 is 17.6 Å². The summed E-state index contributed by atoms with van der Waals surface area (Å²) in [5, 5.41) is 4.17. The number of halogens is 4. The molecule has 0 radical (unpaired) electrons. The highest BCUT2D eigenvalue weighted by molar-refractivity contribution is 6.12. The van der Waals surface area contributed by atoms with Crippen molar-refractivity contribution in [2.24, 2.45) is 0 Å². The number of benzene rings is 10. The molecule has 0 amide bonds.